The predicted molar refractivity (Wildman–Crippen MR) is 84.5 cm³/mol. The average Bonchev–Trinajstić information content (AvgIpc) is 2.93. The molecular formula is C14H21N3O5S. The van der Waals surface area contributed by atoms with E-state index in [-0.39, 0.29) is 25.6 Å². The minimum absolute atomic E-state index is 0.0310. The van der Waals surface area contributed by atoms with E-state index in [1.165, 1.54) is 22.6 Å². The van der Waals surface area contributed by atoms with E-state index in [4.69, 9.17) is 10.5 Å². The molecule has 0 aromatic carbocycles. The van der Waals surface area contributed by atoms with E-state index >= 15 is 0 Å². The van der Waals surface area contributed by atoms with Crippen LogP contribution in [0.15, 0.2) is 12.3 Å². The van der Waals surface area contributed by atoms with E-state index < -0.39 is 20.6 Å². The molecule has 0 fully saturated rings. The van der Waals surface area contributed by atoms with Crippen molar-refractivity contribution in [2.45, 2.75) is 31.6 Å². The van der Waals surface area contributed by atoms with Crippen LogP contribution in [0.2, 0.25) is 0 Å². The van der Waals surface area contributed by atoms with Gasteiger partial charge in [-0.3, -0.25) is 9.36 Å². The van der Waals surface area contributed by atoms with Gasteiger partial charge in [-0.25, -0.2) is 13.2 Å². The van der Waals surface area contributed by atoms with Crippen LogP contribution in [-0.4, -0.2) is 54.0 Å². The first kappa shape index (κ1) is 17.3. The Morgan fingerprint density at radius 1 is 1.48 bits per heavy atom. The fraction of sp³-hybridized carbons (Fsp3) is 0.571. The number of ether oxygens (including phenoxy) is 1. The highest BCUT2D eigenvalue weighted by atomic mass is 32.2. The number of anilines is 1. The number of carbonyl (C=O) groups excluding carboxylic acids is 2. The normalized spacial score (nSPS) is 17.0. The zero-order chi connectivity index (χ0) is 17.4. The zero-order valence-corrected chi connectivity index (χ0v) is 14.2. The van der Waals surface area contributed by atoms with Gasteiger partial charge in [0.25, 0.3) is 0 Å². The van der Waals surface area contributed by atoms with Crippen LogP contribution in [0.5, 0.6) is 0 Å². The molecule has 2 N–H and O–H groups in total. The minimum atomic E-state index is -3.70. The molecule has 2 heterocycles. The number of rotatable bonds is 6. The Hall–Kier alpha value is -2.03. The van der Waals surface area contributed by atoms with E-state index in [1.54, 1.807) is 13.0 Å². The number of fused-ring (bicyclic) bond motifs is 1. The summed E-state index contributed by atoms with van der Waals surface area (Å²) >= 11 is 0. The lowest BCUT2D eigenvalue weighted by Gasteiger charge is -2.27. The molecule has 0 saturated heterocycles. The molecule has 1 amide bonds. The second kappa shape index (κ2) is 5.88. The van der Waals surface area contributed by atoms with Gasteiger partial charge in [-0.15, -0.1) is 0 Å². The summed E-state index contributed by atoms with van der Waals surface area (Å²) in [6.45, 7) is 3.50. The first-order chi connectivity index (χ1) is 10.6. The number of esters is 1. The van der Waals surface area contributed by atoms with E-state index in [2.05, 4.69) is 0 Å². The van der Waals surface area contributed by atoms with Crippen molar-refractivity contribution in [3.05, 3.63) is 18.0 Å². The third kappa shape index (κ3) is 3.05. The van der Waals surface area contributed by atoms with Gasteiger partial charge in [0, 0.05) is 24.7 Å². The van der Waals surface area contributed by atoms with Gasteiger partial charge >= 0.3 is 12.0 Å². The quantitative estimate of drug-likeness (QED) is 0.758. The van der Waals surface area contributed by atoms with Crippen molar-refractivity contribution in [1.29, 1.82) is 0 Å². The van der Waals surface area contributed by atoms with Crippen LogP contribution in [0.25, 0.3) is 0 Å². The molecule has 0 spiro atoms. The van der Waals surface area contributed by atoms with Gasteiger partial charge in [0.15, 0.2) is 14.6 Å². The largest absolute Gasteiger partial charge is 0.465 e. The first-order valence-corrected chi connectivity index (χ1v) is 9.12. The van der Waals surface area contributed by atoms with Gasteiger partial charge in [-0.05, 0) is 26.3 Å². The topological polar surface area (TPSA) is 112 Å². The maximum atomic E-state index is 12.2. The Balaban J connectivity index is 2.13. The molecule has 0 radical (unpaired) electrons. The zero-order valence-electron chi connectivity index (χ0n) is 13.4. The molecule has 1 atom stereocenters. The van der Waals surface area contributed by atoms with Crippen LogP contribution < -0.4 is 5.73 Å². The van der Waals surface area contributed by atoms with Crippen LogP contribution in [0.4, 0.5) is 10.5 Å². The number of hydrogen-bond donors (Lipinski definition) is 1. The molecule has 128 valence electrons. The lowest BCUT2D eigenvalue weighted by Crippen LogP contribution is -2.47. The van der Waals surface area contributed by atoms with Crippen LogP contribution in [0.1, 0.15) is 26.0 Å². The maximum absolute atomic E-state index is 12.2. The lowest BCUT2D eigenvalue weighted by atomic mass is 10.1. The Bertz CT molecular complexity index is 740. The second-order valence-electron chi connectivity index (χ2n) is 5.81. The summed E-state index contributed by atoms with van der Waals surface area (Å²) in [6.07, 6.45) is 2.50. The molecule has 0 unspecified atom stereocenters. The van der Waals surface area contributed by atoms with Gasteiger partial charge in [0.2, 0.25) is 0 Å². The second-order valence-corrected chi connectivity index (χ2v) is 8.26. The summed E-state index contributed by atoms with van der Waals surface area (Å²) < 4.78 is 28.7. The van der Waals surface area contributed by atoms with Crippen molar-refractivity contribution in [2.75, 3.05) is 25.1 Å². The van der Waals surface area contributed by atoms with Gasteiger partial charge in [0.1, 0.15) is 0 Å². The Morgan fingerprint density at radius 3 is 2.65 bits per heavy atom. The molecule has 1 aromatic heterocycles. The summed E-state index contributed by atoms with van der Waals surface area (Å²) in [4.78, 5) is 25.8. The maximum Gasteiger partial charge on any atom is 0.328 e. The predicted octanol–water partition coefficient (Wildman–Crippen LogP) is 0.610. The third-order valence-electron chi connectivity index (χ3n) is 4.13. The number of sulfone groups is 1. The minimum Gasteiger partial charge on any atom is -0.465 e. The van der Waals surface area contributed by atoms with E-state index in [1.807, 2.05) is 0 Å². The van der Waals surface area contributed by atoms with Crippen molar-refractivity contribution in [1.82, 2.24) is 9.47 Å². The first-order valence-electron chi connectivity index (χ1n) is 7.23. The highest BCUT2D eigenvalue weighted by Crippen LogP contribution is 2.26. The summed E-state index contributed by atoms with van der Waals surface area (Å²) in [5, 5.41) is 0. The van der Waals surface area contributed by atoms with Crippen molar-refractivity contribution < 1.29 is 22.7 Å². The number of aromatic nitrogens is 1. The summed E-state index contributed by atoms with van der Waals surface area (Å²) in [5.74, 6) is -0.794. The molecule has 1 aliphatic rings. The molecular weight excluding hydrogens is 322 g/mol. The Labute approximate surface area is 135 Å². The fourth-order valence-corrected chi connectivity index (χ4v) is 3.32. The van der Waals surface area contributed by atoms with Crippen molar-refractivity contribution in [3.8, 4) is 0 Å². The number of nitrogens with two attached hydrogens (primary N) is 1. The molecule has 1 aliphatic heterocycles. The number of hydrogen-bond acceptors (Lipinski definition) is 6. The number of nitrogens with zero attached hydrogens (tertiary/aromatic N) is 2. The molecule has 0 bridgehead atoms. The van der Waals surface area contributed by atoms with Gasteiger partial charge < -0.3 is 15.4 Å². The van der Waals surface area contributed by atoms with Gasteiger partial charge in [-0.1, -0.05) is 0 Å². The molecule has 1 aromatic rings. The van der Waals surface area contributed by atoms with Crippen LogP contribution in [-0.2, 0) is 25.9 Å². The fourth-order valence-electron chi connectivity index (χ4n) is 2.49. The van der Waals surface area contributed by atoms with Crippen molar-refractivity contribution >= 4 is 27.5 Å². The van der Waals surface area contributed by atoms with E-state index in [0.29, 0.717) is 12.2 Å². The monoisotopic (exact) mass is 343 g/mol. The highest BCUT2D eigenvalue weighted by molar-refractivity contribution is 7.92. The van der Waals surface area contributed by atoms with Crippen LogP contribution in [0.3, 0.4) is 0 Å². The van der Waals surface area contributed by atoms with Crippen LogP contribution in [0, 0.1) is 0 Å². The van der Waals surface area contributed by atoms with Crippen LogP contribution >= 0.6 is 0 Å². The smallest absolute Gasteiger partial charge is 0.328 e. The van der Waals surface area contributed by atoms with E-state index in [9.17, 15) is 18.0 Å². The Morgan fingerprint density at radius 2 is 2.13 bits per heavy atom. The molecule has 23 heavy (non-hydrogen) atoms. The molecule has 2 rings (SSSR count). The Kier molecular flexibility index (Phi) is 4.43. The van der Waals surface area contributed by atoms with Gasteiger partial charge in [0.05, 0.1) is 18.8 Å². The number of amides is 1. The summed E-state index contributed by atoms with van der Waals surface area (Å²) in [7, 11) is -3.70. The standard InChI is InChI=1S/C14H21N3O5S/c1-4-22-12(18)14(2,23(3,20)21)5-6-16-9-11-7-10(15)8-17(11)13(16)19/h7-8H,4-6,9,15H2,1-3H3/t14-/m1/s1. The summed E-state index contributed by atoms with van der Waals surface area (Å²) in [6, 6.07) is 1.41. The van der Waals surface area contributed by atoms with Gasteiger partial charge in [-0.2, -0.15) is 0 Å². The summed E-state index contributed by atoms with van der Waals surface area (Å²) in [5.41, 5.74) is 6.88. The highest BCUT2D eigenvalue weighted by Gasteiger charge is 2.45. The van der Waals surface area contributed by atoms with Crippen molar-refractivity contribution in [3.63, 3.8) is 0 Å². The van der Waals surface area contributed by atoms with Crippen molar-refractivity contribution in [2.24, 2.45) is 0 Å². The molecule has 0 aliphatic carbocycles. The number of nitrogen functional groups attached to an aromatic ring is 1. The molecule has 0 saturated carbocycles. The average molecular weight is 343 g/mol. The number of carbonyl (C=O) groups is 2. The van der Waals surface area contributed by atoms with E-state index in [0.717, 1.165) is 11.9 Å². The molecule has 8 nitrogen and oxygen atoms in total. The third-order valence-corrected chi connectivity index (χ3v) is 6.14. The molecule has 9 heteroatoms. The lowest BCUT2D eigenvalue weighted by molar-refractivity contribution is -0.146. The SMILES string of the molecule is CCOC(=O)[C@@](C)(CCN1Cc2cc(N)cn2C1=O)S(C)(=O)=O.